The summed E-state index contributed by atoms with van der Waals surface area (Å²) >= 11 is 5.98. The monoisotopic (exact) mass is 261 g/mol. The molecule has 2 rings (SSSR count). The second-order valence-corrected chi connectivity index (χ2v) is 4.79. The third-order valence-electron chi connectivity index (χ3n) is 2.80. The molecule has 3 N–H and O–H groups in total. The number of halogens is 1. The van der Waals surface area contributed by atoms with Crippen LogP contribution in [0.3, 0.4) is 0 Å². The van der Waals surface area contributed by atoms with Crippen molar-refractivity contribution < 1.29 is 0 Å². The van der Waals surface area contributed by atoms with E-state index in [-0.39, 0.29) is 6.04 Å². The van der Waals surface area contributed by atoms with Gasteiger partial charge in [-0.25, -0.2) is 4.98 Å². The van der Waals surface area contributed by atoms with Crippen LogP contribution >= 0.6 is 11.6 Å². The molecule has 0 saturated heterocycles. The average Bonchev–Trinajstić information content (AvgIpc) is 2.32. The molecule has 0 aliphatic rings. The number of anilines is 2. The second kappa shape index (κ2) is 5.27. The minimum Gasteiger partial charge on any atom is -0.397 e. The summed E-state index contributed by atoms with van der Waals surface area (Å²) in [6.07, 6.45) is 1.65. The van der Waals surface area contributed by atoms with Gasteiger partial charge in [-0.2, -0.15) is 0 Å². The maximum atomic E-state index is 5.98. The Morgan fingerprint density at radius 1 is 1.33 bits per heavy atom. The fourth-order valence-electron chi connectivity index (χ4n) is 1.81. The summed E-state index contributed by atoms with van der Waals surface area (Å²) in [4.78, 5) is 4.30. The number of hydrogen-bond acceptors (Lipinski definition) is 3. The summed E-state index contributed by atoms with van der Waals surface area (Å²) in [5.74, 6) is 0.844. The first kappa shape index (κ1) is 12.7. The van der Waals surface area contributed by atoms with Crippen molar-refractivity contribution >= 4 is 23.1 Å². The lowest BCUT2D eigenvalue weighted by Gasteiger charge is -2.17. The molecule has 0 bridgehead atoms. The van der Waals surface area contributed by atoms with Crippen LogP contribution in [0.5, 0.6) is 0 Å². The first-order chi connectivity index (χ1) is 8.56. The van der Waals surface area contributed by atoms with Crippen LogP contribution in [-0.2, 0) is 0 Å². The molecule has 0 saturated carbocycles. The van der Waals surface area contributed by atoms with Gasteiger partial charge >= 0.3 is 0 Å². The number of nitrogens with one attached hydrogen (secondary N) is 1. The number of nitrogens with zero attached hydrogens (tertiary/aromatic N) is 1. The zero-order valence-electron chi connectivity index (χ0n) is 10.4. The third kappa shape index (κ3) is 2.93. The van der Waals surface area contributed by atoms with Crippen LogP contribution in [0.4, 0.5) is 11.5 Å². The van der Waals surface area contributed by atoms with Crippen LogP contribution in [0.15, 0.2) is 36.5 Å². The Kier molecular flexibility index (Phi) is 3.72. The van der Waals surface area contributed by atoms with E-state index in [1.165, 1.54) is 0 Å². The van der Waals surface area contributed by atoms with E-state index in [1.54, 1.807) is 6.20 Å². The van der Waals surface area contributed by atoms with Crippen molar-refractivity contribution in [2.45, 2.75) is 19.9 Å². The smallest absolute Gasteiger partial charge is 0.129 e. The maximum absolute atomic E-state index is 5.98. The van der Waals surface area contributed by atoms with E-state index in [1.807, 2.05) is 37.3 Å². The summed E-state index contributed by atoms with van der Waals surface area (Å²) < 4.78 is 0. The number of aryl methyl sites for hydroxylation is 1. The molecule has 0 spiro atoms. The van der Waals surface area contributed by atoms with Gasteiger partial charge in [0.25, 0.3) is 0 Å². The third-order valence-corrected chi connectivity index (χ3v) is 3.04. The van der Waals surface area contributed by atoms with Gasteiger partial charge in [-0.3, -0.25) is 0 Å². The van der Waals surface area contributed by atoms with Gasteiger partial charge in [0, 0.05) is 11.1 Å². The molecule has 94 valence electrons. The molecule has 3 nitrogen and oxygen atoms in total. The van der Waals surface area contributed by atoms with Crippen molar-refractivity contribution in [1.82, 2.24) is 4.98 Å². The van der Waals surface area contributed by atoms with E-state index in [4.69, 9.17) is 17.3 Å². The topological polar surface area (TPSA) is 50.9 Å². The van der Waals surface area contributed by atoms with Crippen LogP contribution in [0, 0.1) is 6.92 Å². The fourth-order valence-corrected chi connectivity index (χ4v) is 2.01. The molecule has 1 heterocycles. The number of benzene rings is 1. The normalized spacial score (nSPS) is 12.2. The number of rotatable bonds is 3. The predicted octanol–water partition coefficient (Wildman–Crippen LogP) is 3.80. The number of nitrogens with two attached hydrogens (primary N) is 1. The second-order valence-electron chi connectivity index (χ2n) is 4.36. The van der Waals surface area contributed by atoms with Gasteiger partial charge in [-0.15, -0.1) is 0 Å². The van der Waals surface area contributed by atoms with Crippen molar-refractivity contribution in [2.24, 2.45) is 0 Å². The summed E-state index contributed by atoms with van der Waals surface area (Å²) in [6, 6.07) is 9.84. The summed E-state index contributed by atoms with van der Waals surface area (Å²) in [5.41, 5.74) is 8.51. The molecule has 4 heteroatoms. The van der Waals surface area contributed by atoms with Crippen LogP contribution in [0.25, 0.3) is 0 Å². The highest BCUT2D eigenvalue weighted by Gasteiger charge is 2.08. The molecule has 18 heavy (non-hydrogen) atoms. The number of hydrogen-bond donors (Lipinski definition) is 2. The first-order valence-corrected chi connectivity index (χ1v) is 6.18. The molecule has 1 atom stereocenters. The van der Waals surface area contributed by atoms with Crippen LogP contribution < -0.4 is 11.1 Å². The van der Waals surface area contributed by atoms with Crippen molar-refractivity contribution in [3.8, 4) is 0 Å². The highest BCUT2D eigenvalue weighted by atomic mass is 35.5. The van der Waals surface area contributed by atoms with Gasteiger partial charge < -0.3 is 11.1 Å². The highest BCUT2D eigenvalue weighted by Crippen LogP contribution is 2.23. The van der Waals surface area contributed by atoms with Crippen molar-refractivity contribution in [1.29, 1.82) is 0 Å². The van der Waals surface area contributed by atoms with E-state index in [0.29, 0.717) is 5.69 Å². The van der Waals surface area contributed by atoms with Crippen LogP contribution in [0.1, 0.15) is 24.1 Å². The lowest BCUT2D eigenvalue weighted by molar-refractivity contribution is 0.872. The lowest BCUT2D eigenvalue weighted by atomic mass is 10.1. The molecule has 1 aromatic heterocycles. The SMILES string of the molecule is Cc1cc(N)cnc1NC(C)c1cccc(Cl)c1. The molecule has 1 aromatic carbocycles. The molecule has 1 unspecified atom stereocenters. The van der Waals surface area contributed by atoms with Crippen LogP contribution in [0.2, 0.25) is 5.02 Å². The summed E-state index contributed by atoms with van der Waals surface area (Å²) in [7, 11) is 0. The van der Waals surface area contributed by atoms with Gasteiger partial charge in [0.15, 0.2) is 0 Å². The first-order valence-electron chi connectivity index (χ1n) is 5.80. The predicted molar refractivity (Wildman–Crippen MR) is 76.9 cm³/mol. The number of nitrogen functional groups attached to an aromatic ring is 1. The Morgan fingerprint density at radius 2 is 2.11 bits per heavy atom. The fraction of sp³-hybridized carbons (Fsp3) is 0.214. The Balaban J connectivity index is 2.18. The van der Waals surface area contributed by atoms with Gasteiger partial charge in [0.1, 0.15) is 5.82 Å². The van der Waals surface area contributed by atoms with E-state index < -0.39 is 0 Å². The quantitative estimate of drug-likeness (QED) is 0.884. The Morgan fingerprint density at radius 3 is 2.78 bits per heavy atom. The van der Waals surface area contributed by atoms with Gasteiger partial charge in [0.2, 0.25) is 0 Å². The molecule has 0 fully saturated rings. The summed E-state index contributed by atoms with van der Waals surface area (Å²) in [6.45, 7) is 4.06. The zero-order chi connectivity index (χ0) is 13.1. The van der Waals surface area contributed by atoms with E-state index in [9.17, 15) is 0 Å². The highest BCUT2D eigenvalue weighted by molar-refractivity contribution is 6.30. The van der Waals surface area contributed by atoms with E-state index >= 15 is 0 Å². The van der Waals surface area contributed by atoms with Crippen molar-refractivity contribution in [2.75, 3.05) is 11.1 Å². The Bertz CT molecular complexity index is 554. The van der Waals surface area contributed by atoms with Crippen molar-refractivity contribution in [3.05, 3.63) is 52.7 Å². The lowest BCUT2D eigenvalue weighted by Crippen LogP contribution is -2.09. The number of aromatic nitrogens is 1. The van der Waals surface area contributed by atoms with Gasteiger partial charge in [-0.1, -0.05) is 23.7 Å². The van der Waals surface area contributed by atoms with Crippen LogP contribution in [-0.4, -0.2) is 4.98 Å². The van der Waals surface area contributed by atoms with Gasteiger partial charge in [-0.05, 0) is 43.2 Å². The largest absolute Gasteiger partial charge is 0.397 e. The minimum absolute atomic E-state index is 0.138. The van der Waals surface area contributed by atoms with E-state index in [0.717, 1.165) is 22.0 Å². The molecule has 0 aliphatic carbocycles. The van der Waals surface area contributed by atoms with Gasteiger partial charge in [0.05, 0.1) is 11.9 Å². The Hall–Kier alpha value is -1.74. The van der Waals surface area contributed by atoms with E-state index in [2.05, 4.69) is 17.2 Å². The average molecular weight is 262 g/mol. The molecule has 0 radical (unpaired) electrons. The number of pyridine rings is 1. The maximum Gasteiger partial charge on any atom is 0.129 e. The summed E-state index contributed by atoms with van der Waals surface area (Å²) in [5, 5.41) is 4.09. The zero-order valence-corrected chi connectivity index (χ0v) is 11.2. The molecular weight excluding hydrogens is 246 g/mol. The standard InChI is InChI=1S/C14H16ClN3/c1-9-6-13(16)8-17-14(9)18-10(2)11-4-3-5-12(15)7-11/h3-8,10H,16H2,1-2H3,(H,17,18). The molecular formula is C14H16ClN3. The minimum atomic E-state index is 0.138. The molecule has 2 aromatic rings. The van der Waals surface area contributed by atoms with Crippen molar-refractivity contribution in [3.63, 3.8) is 0 Å². The Labute approximate surface area is 112 Å². The molecule has 0 amide bonds. The molecule has 0 aliphatic heterocycles.